The highest BCUT2D eigenvalue weighted by molar-refractivity contribution is 5.57. The largest absolute Gasteiger partial charge is 0.372 e. The van der Waals surface area contributed by atoms with Gasteiger partial charge in [0.15, 0.2) is 0 Å². The number of halogens is 1. The summed E-state index contributed by atoms with van der Waals surface area (Å²) >= 11 is 0. The van der Waals surface area contributed by atoms with Crippen molar-refractivity contribution in [2.24, 2.45) is 47.3 Å². The second-order valence-corrected chi connectivity index (χ2v) is 39.8. The summed E-state index contributed by atoms with van der Waals surface area (Å²) < 4.78 is 13.9. The zero-order chi connectivity index (χ0) is 76.0. The van der Waals surface area contributed by atoms with E-state index in [0.29, 0.717) is 45.5 Å². The number of alkyl halides is 1. The first-order valence-electron chi connectivity index (χ1n) is 45.7. The Morgan fingerprint density at radius 1 is 0.304 bits per heavy atom. The van der Waals surface area contributed by atoms with Gasteiger partial charge in [-0.25, -0.2) is 4.39 Å². The van der Waals surface area contributed by atoms with Gasteiger partial charge in [0.2, 0.25) is 0 Å². The van der Waals surface area contributed by atoms with Crippen LogP contribution in [0.3, 0.4) is 0 Å². The normalized spacial score (nSPS) is 36.2. The lowest BCUT2D eigenvalue weighted by Gasteiger charge is -2.21. The predicted octanol–water partition coefficient (Wildman–Crippen LogP) is 15.9. The molecule has 12 heterocycles. The monoisotopic (exact) mass is 1510 g/mol. The molecule has 0 bridgehead atoms. The topological polar surface area (TPSA) is 65.3 Å². The Morgan fingerprint density at radius 2 is 0.562 bits per heavy atom. The molecule has 600 valence electrons. The van der Waals surface area contributed by atoms with Gasteiger partial charge in [-0.05, 0) is 290 Å². The standard InChI is InChI=1S/3C17H24N2.C16H21FN2.2C16H22N2/c3*1-2-18-12-15-11-17(15,13-18)14-5-7-16(8-6-14)19-9-3-4-10-19;1-15(17)6-7-19(11-15)14-4-2-12(3-5-14)16-8-13(16)9-18-10-16;2*1-12-6-7-18(10-12)15-4-2-13(3-5-15)16-8-14(16)9-17-11-16/h3*5-8,15H,2-4,9-13H2,1H3;2-5,13,18H,6-11H2,1H3;2*2-5,12,14,17H,6-11H2,1H3/t2*15-,17+;;;2*12?,14-,16+/m10..10/s1. The molecule has 12 aliphatic heterocycles. The van der Waals surface area contributed by atoms with Crippen molar-refractivity contribution in [1.82, 2.24) is 30.7 Å². The molecule has 18 fully saturated rings. The number of rotatable bonds is 15. The lowest BCUT2D eigenvalue weighted by atomic mass is 9.95. The van der Waals surface area contributed by atoms with Crippen LogP contribution < -0.4 is 45.3 Å². The SMILES string of the molecule is CC1(F)CCN(c2ccc(C34CNCC3C4)cc2)C1.CC1CCN(c2ccc([C@@]34CNC[C@@H]3C4)cc2)C1.CC1CCN(c2ccc([C@]34CNC[C@H]3C4)cc2)C1.CCN1CC2CC2(c2ccc(N3CCCC3)cc2)C1.CCN1C[C@@H]2C[C@]2(c2ccc(N3CCCC3)cc2)C1.CCN1C[C@H]2C[C@@]2(c2ccc(N3CCCC3)cc2)C1. The smallest absolute Gasteiger partial charge is 0.127 e. The van der Waals surface area contributed by atoms with Crippen molar-refractivity contribution in [3.63, 3.8) is 0 Å². The third kappa shape index (κ3) is 14.9. The maximum atomic E-state index is 13.9. The third-order valence-corrected chi connectivity index (χ3v) is 32.6. The van der Waals surface area contributed by atoms with E-state index in [1.807, 2.05) is 0 Å². The molecule has 6 saturated carbocycles. The fraction of sp³-hybridized carbons (Fsp3) is 0.636. The lowest BCUT2D eigenvalue weighted by molar-refractivity contribution is 0.221. The van der Waals surface area contributed by atoms with Crippen LogP contribution in [0, 0.1) is 47.3 Å². The Labute approximate surface area is 673 Å². The van der Waals surface area contributed by atoms with Gasteiger partial charge in [0.25, 0.3) is 0 Å². The molecule has 15 atom stereocenters. The minimum atomic E-state index is -1.02. The third-order valence-electron chi connectivity index (χ3n) is 32.6. The molecule has 0 spiro atoms. The molecule has 6 aliphatic carbocycles. The number of likely N-dealkylation sites (tertiary alicyclic amines) is 3. The van der Waals surface area contributed by atoms with Gasteiger partial charge in [0, 0.05) is 204 Å². The van der Waals surface area contributed by atoms with Crippen LogP contribution in [0.1, 0.15) is 171 Å². The molecular formula is C99H137FN12. The summed E-state index contributed by atoms with van der Waals surface area (Å²) in [6.07, 6.45) is 19.9. The molecule has 24 rings (SSSR count). The number of piperidine rings is 6. The van der Waals surface area contributed by atoms with Crippen LogP contribution >= 0.6 is 0 Å². The van der Waals surface area contributed by atoms with Crippen LogP contribution in [0.5, 0.6) is 0 Å². The molecule has 12 saturated heterocycles. The molecule has 18 aliphatic rings. The minimum absolute atomic E-state index is 0.429. The minimum Gasteiger partial charge on any atom is -0.372 e. The van der Waals surface area contributed by atoms with Gasteiger partial charge in [-0.1, -0.05) is 107 Å². The highest BCUT2D eigenvalue weighted by atomic mass is 19.1. The summed E-state index contributed by atoms with van der Waals surface area (Å²) in [5.41, 5.74) is 19.7. The van der Waals surface area contributed by atoms with Gasteiger partial charge in [-0.2, -0.15) is 0 Å². The van der Waals surface area contributed by atoms with Crippen LogP contribution in [0.4, 0.5) is 38.5 Å². The van der Waals surface area contributed by atoms with Crippen molar-refractivity contribution in [3.05, 3.63) is 179 Å². The molecule has 0 amide bonds. The number of likely N-dealkylation sites (N-methyl/N-ethyl adjacent to an activating group) is 3. The average molecular weight is 1510 g/mol. The summed E-state index contributed by atoms with van der Waals surface area (Å²) in [5, 5.41) is 10.5. The Hall–Kier alpha value is -6.19. The molecule has 7 unspecified atom stereocenters. The summed E-state index contributed by atoms with van der Waals surface area (Å²) in [6.45, 7) is 45.7. The van der Waals surface area contributed by atoms with Crippen LogP contribution in [0.15, 0.2) is 146 Å². The average Bonchev–Trinajstić information content (AvgIpc) is 1.56. The number of nitrogens with one attached hydrogen (secondary N) is 3. The maximum Gasteiger partial charge on any atom is 0.127 e. The number of nitrogens with zero attached hydrogens (tertiary/aromatic N) is 9. The fourth-order valence-corrected chi connectivity index (χ4v) is 24.6. The number of hydrogen-bond acceptors (Lipinski definition) is 12. The van der Waals surface area contributed by atoms with Crippen molar-refractivity contribution >= 4 is 34.1 Å². The second-order valence-electron chi connectivity index (χ2n) is 39.8. The second kappa shape index (κ2) is 30.7. The highest BCUT2D eigenvalue weighted by Gasteiger charge is 2.64. The Balaban J connectivity index is 0.0000000905. The van der Waals surface area contributed by atoms with E-state index in [1.165, 1.54) is 287 Å². The van der Waals surface area contributed by atoms with E-state index >= 15 is 0 Å². The molecule has 112 heavy (non-hydrogen) atoms. The van der Waals surface area contributed by atoms with Crippen LogP contribution in [0.2, 0.25) is 0 Å². The summed E-state index contributed by atoms with van der Waals surface area (Å²) in [4.78, 5) is 22.6. The Bertz CT molecular complexity index is 3870. The van der Waals surface area contributed by atoms with E-state index < -0.39 is 5.67 Å². The zero-order valence-electron chi connectivity index (χ0n) is 69.6. The summed E-state index contributed by atoms with van der Waals surface area (Å²) in [6, 6.07) is 56.4. The molecule has 3 N–H and O–H groups in total. The van der Waals surface area contributed by atoms with Crippen molar-refractivity contribution in [2.75, 3.05) is 206 Å². The van der Waals surface area contributed by atoms with Crippen molar-refractivity contribution in [1.29, 1.82) is 0 Å². The van der Waals surface area contributed by atoms with Crippen LogP contribution in [0.25, 0.3) is 0 Å². The van der Waals surface area contributed by atoms with E-state index in [0.717, 1.165) is 60.4 Å². The molecule has 13 heteroatoms. The fourth-order valence-electron chi connectivity index (χ4n) is 24.6. The quantitative estimate of drug-likeness (QED) is 0.0918. The first-order valence-corrected chi connectivity index (χ1v) is 45.7. The van der Waals surface area contributed by atoms with E-state index in [9.17, 15) is 4.39 Å². The molecular weight excluding hydrogens is 1380 g/mol. The predicted molar refractivity (Wildman–Crippen MR) is 465 cm³/mol. The van der Waals surface area contributed by atoms with Gasteiger partial charge >= 0.3 is 0 Å². The summed E-state index contributed by atoms with van der Waals surface area (Å²) in [5.74, 6) is 7.19. The molecule has 6 aromatic rings. The lowest BCUT2D eigenvalue weighted by Crippen LogP contribution is -2.26. The molecule has 0 radical (unpaired) electrons. The first kappa shape index (κ1) is 75.8. The maximum absolute atomic E-state index is 13.9. The van der Waals surface area contributed by atoms with E-state index in [-0.39, 0.29) is 0 Å². The summed E-state index contributed by atoms with van der Waals surface area (Å²) in [7, 11) is 0. The van der Waals surface area contributed by atoms with Crippen LogP contribution in [-0.2, 0) is 32.5 Å². The van der Waals surface area contributed by atoms with Gasteiger partial charge in [0.1, 0.15) is 5.67 Å². The number of fused-ring (bicyclic) bond motifs is 6. The van der Waals surface area contributed by atoms with Crippen LogP contribution in [-0.4, -0.2) is 197 Å². The Kier molecular flexibility index (Phi) is 20.8. The number of benzene rings is 6. The number of hydrogen-bond donors (Lipinski definition) is 3. The highest BCUT2D eigenvalue weighted by Crippen LogP contribution is 2.63. The van der Waals surface area contributed by atoms with Gasteiger partial charge in [-0.3, -0.25) is 0 Å². The Morgan fingerprint density at radius 3 is 0.777 bits per heavy atom. The van der Waals surface area contributed by atoms with Gasteiger partial charge in [-0.15, -0.1) is 0 Å². The number of anilines is 6. The van der Waals surface area contributed by atoms with E-state index in [1.54, 1.807) is 34.7 Å². The molecule has 0 aromatic heterocycles. The van der Waals surface area contributed by atoms with Gasteiger partial charge < -0.3 is 60.0 Å². The molecule has 12 nitrogen and oxygen atoms in total. The van der Waals surface area contributed by atoms with Crippen molar-refractivity contribution in [3.8, 4) is 0 Å². The molecule has 6 aromatic carbocycles. The first-order chi connectivity index (χ1) is 54.6. The van der Waals surface area contributed by atoms with Crippen molar-refractivity contribution in [2.45, 2.75) is 176 Å². The zero-order valence-corrected chi connectivity index (χ0v) is 69.6. The van der Waals surface area contributed by atoms with E-state index in [2.05, 4.69) is 240 Å². The van der Waals surface area contributed by atoms with E-state index in [4.69, 9.17) is 0 Å². The van der Waals surface area contributed by atoms with Crippen molar-refractivity contribution < 1.29 is 4.39 Å². The van der Waals surface area contributed by atoms with Gasteiger partial charge in [0.05, 0.1) is 6.54 Å².